The lowest BCUT2D eigenvalue weighted by atomic mass is 9.98. The van der Waals surface area contributed by atoms with E-state index in [0.29, 0.717) is 13.0 Å². The van der Waals surface area contributed by atoms with Gasteiger partial charge in [0.15, 0.2) is 6.10 Å². The van der Waals surface area contributed by atoms with Crippen molar-refractivity contribution in [2.24, 2.45) is 0 Å². The molecule has 0 saturated heterocycles. The first-order chi connectivity index (χ1) is 8.56. The molecular weight excluding hydrogens is 228 g/mol. The van der Waals surface area contributed by atoms with Crippen molar-refractivity contribution in [1.29, 1.82) is 0 Å². The first kappa shape index (κ1) is 14.7. The molecule has 0 aromatic heterocycles. The number of ether oxygens (including phenoxy) is 1. The predicted molar refractivity (Wildman–Crippen MR) is 71.9 cm³/mol. The number of carboxylic acids is 1. The summed E-state index contributed by atoms with van der Waals surface area (Å²) < 4.78 is 5.44. The van der Waals surface area contributed by atoms with Crippen LogP contribution in [0, 0.1) is 13.8 Å². The molecule has 0 saturated carbocycles. The number of carboxylic acid groups (broad SMARTS) is 1. The van der Waals surface area contributed by atoms with Crippen LogP contribution >= 0.6 is 0 Å². The van der Waals surface area contributed by atoms with Crippen molar-refractivity contribution in [3.63, 3.8) is 0 Å². The van der Waals surface area contributed by atoms with E-state index in [-0.39, 0.29) is 0 Å². The molecule has 3 nitrogen and oxygen atoms in total. The minimum atomic E-state index is -0.882. The van der Waals surface area contributed by atoms with E-state index in [9.17, 15) is 4.79 Å². The summed E-state index contributed by atoms with van der Waals surface area (Å²) in [6.07, 6.45) is 1.61. The Bertz CT molecular complexity index is 399. The summed E-state index contributed by atoms with van der Waals surface area (Å²) in [5.74, 6) is -0.882. The van der Waals surface area contributed by atoms with Gasteiger partial charge in [0, 0.05) is 13.0 Å². The van der Waals surface area contributed by atoms with Gasteiger partial charge in [-0.3, -0.25) is 0 Å². The molecule has 0 bridgehead atoms. The number of unbranched alkanes of at least 4 members (excludes halogenated alkanes) is 1. The lowest BCUT2D eigenvalue weighted by Crippen LogP contribution is -2.27. The summed E-state index contributed by atoms with van der Waals surface area (Å²) in [6.45, 7) is 6.63. The highest BCUT2D eigenvalue weighted by Gasteiger charge is 2.19. The molecule has 1 N–H and O–H groups in total. The van der Waals surface area contributed by atoms with Crippen molar-refractivity contribution in [1.82, 2.24) is 0 Å². The molecule has 0 spiro atoms. The summed E-state index contributed by atoms with van der Waals surface area (Å²) in [5, 5.41) is 9.17. The summed E-state index contributed by atoms with van der Waals surface area (Å²) in [5.41, 5.74) is 3.40. The van der Waals surface area contributed by atoms with Crippen molar-refractivity contribution in [3.05, 3.63) is 34.9 Å². The maximum Gasteiger partial charge on any atom is 0.333 e. The Labute approximate surface area is 109 Å². The van der Waals surface area contributed by atoms with Gasteiger partial charge in [-0.15, -0.1) is 0 Å². The van der Waals surface area contributed by atoms with E-state index in [1.807, 2.05) is 32.0 Å². The summed E-state index contributed by atoms with van der Waals surface area (Å²) >= 11 is 0. The number of hydrogen-bond acceptors (Lipinski definition) is 2. The first-order valence-corrected chi connectivity index (χ1v) is 6.45. The van der Waals surface area contributed by atoms with E-state index < -0.39 is 12.1 Å². The van der Waals surface area contributed by atoms with Crippen LogP contribution in [0.25, 0.3) is 0 Å². The van der Waals surface area contributed by atoms with Crippen LogP contribution in [0.5, 0.6) is 0 Å². The van der Waals surface area contributed by atoms with E-state index in [0.717, 1.165) is 24.0 Å². The van der Waals surface area contributed by atoms with Crippen LogP contribution in [-0.2, 0) is 16.0 Å². The second-order valence-electron chi connectivity index (χ2n) is 4.61. The molecular formula is C15H22O3. The number of hydrogen-bond donors (Lipinski definition) is 1. The molecule has 1 unspecified atom stereocenters. The molecule has 0 heterocycles. The zero-order valence-corrected chi connectivity index (χ0v) is 11.4. The lowest BCUT2D eigenvalue weighted by molar-refractivity contribution is -0.150. The zero-order chi connectivity index (χ0) is 13.5. The van der Waals surface area contributed by atoms with Gasteiger partial charge >= 0.3 is 5.97 Å². The molecule has 100 valence electrons. The average molecular weight is 250 g/mol. The lowest BCUT2D eigenvalue weighted by Gasteiger charge is -2.15. The Balaban J connectivity index is 2.71. The largest absolute Gasteiger partial charge is 0.479 e. The number of aryl methyl sites for hydroxylation is 1. The van der Waals surface area contributed by atoms with Gasteiger partial charge in [-0.05, 0) is 37.0 Å². The van der Waals surface area contributed by atoms with Crippen LogP contribution in [0.15, 0.2) is 18.2 Å². The highest BCUT2D eigenvalue weighted by molar-refractivity contribution is 5.72. The van der Waals surface area contributed by atoms with Gasteiger partial charge in [0.25, 0.3) is 0 Å². The Morgan fingerprint density at radius 2 is 2.11 bits per heavy atom. The Hall–Kier alpha value is -1.35. The molecule has 1 aromatic carbocycles. The standard InChI is InChI=1S/C15H22O3/c1-4-5-9-18-14(15(16)17)10-13-8-6-7-11(2)12(13)3/h6-8,14H,4-5,9-10H2,1-3H3,(H,16,17). The van der Waals surface area contributed by atoms with Gasteiger partial charge in [-0.25, -0.2) is 4.79 Å². The molecule has 0 radical (unpaired) electrons. The fourth-order valence-corrected chi connectivity index (χ4v) is 1.82. The van der Waals surface area contributed by atoms with E-state index >= 15 is 0 Å². The van der Waals surface area contributed by atoms with E-state index in [4.69, 9.17) is 9.84 Å². The summed E-state index contributed by atoms with van der Waals surface area (Å²) in [7, 11) is 0. The average Bonchev–Trinajstić information content (AvgIpc) is 2.33. The fraction of sp³-hybridized carbons (Fsp3) is 0.533. The number of rotatable bonds is 7. The van der Waals surface area contributed by atoms with E-state index in [1.165, 1.54) is 5.56 Å². The van der Waals surface area contributed by atoms with E-state index in [2.05, 4.69) is 6.92 Å². The van der Waals surface area contributed by atoms with Crippen LogP contribution in [0.4, 0.5) is 0 Å². The van der Waals surface area contributed by atoms with Crippen molar-refractivity contribution in [2.45, 2.75) is 46.1 Å². The van der Waals surface area contributed by atoms with Gasteiger partial charge in [-0.1, -0.05) is 31.5 Å². The number of benzene rings is 1. The van der Waals surface area contributed by atoms with Crippen molar-refractivity contribution < 1.29 is 14.6 Å². The zero-order valence-electron chi connectivity index (χ0n) is 11.4. The SMILES string of the molecule is CCCCOC(Cc1cccc(C)c1C)C(=O)O. The molecule has 3 heteroatoms. The summed E-state index contributed by atoms with van der Waals surface area (Å²) in [6, 6.07) is 5.97. The molecule has 0 aliphatic rings. The van der Waals surface area contributed by atoms with Crippen LogP contribution < -0.4 is 0 Å². The van der Waals surface area contributed by atoms with Crippen molar-refractivity contribution in [2.75, 3.05) is 6.61 Å². The quantitative estimate of drug-likeness (QED) is 0.756. The normalized spacial score (nSPS) is 12.4. The van der Waals surface area contributed by atoms with E-state index in [1.54, 1.807) is 0 Å². The van der Waals surface area contributed by atoms with Gasteiger partial charge in [0.1, 0.15) is 0 Å². The fourth-order valence-electron chi connectivity index (χ4n) is 1.82. The van der Waals surface area contributed by atoms with Crippen LogP contribution in [0.1, 0.15) is 36.5 Å². The Morgan fingerprint density at radius 1 is 1.39 bits per heavy atom. The third-order valence-electron chi connectivity index (χ3n) is 3.21. The Morgan fingerprint density at radius 3 is 2.72 bits per heavy atom. The van der Waals surface area contributed by atoms with Gasteiger partial charge < -0.3 is 9.84 Å². The second-order valence-corrected chi connectivity index (χ2v) is 4.61. The highest BCUT2D eigenvalue weighted by atomic mass is 16.5. The molecule has 1 aromatic rings. The van der Waals surface area contributed by atoms with Crippen LogP contribution in [0.2, 0.25) is 0 Å². The van der Waals surface area contributed by atoms with Crippen LogP contribution in [-0.4, -0.2) is 23.8 Å². The molecule has 1 atom stereocenters. The van der Waals surface area contributed by atoms with Crippen molar-refractivity contribution in [3.8, 4) is 0 Å². The number of aliphatic carboxylic acids is 1. The third-order valence-corrected chi connectivity index (χ3v) is 3.21. The molecule has 0 amide bonds. The maximum absolute atomic E-state index is 11.2. The molecule has 0 aliphatic heterocycles. The topological polar surface area (TPSA) is 46.5 Å². The molecule has 0 fully saturated rings. The maximum atomic E-state index is 11.2. The first-order valence-electron chi connectivity index (χ1n) is 6.45. The number of carbonyl (C=O) groups is 1. The van der Waals surface area contributed by atoms with Crippen molar-refractivity contribution >= 4 is 5.97 Å². The van der Waals surface area contributed by atoms with Gasteiger partial charge in [0.05, 0.1) is 0 Å². The predicted octanol–water partition coefficient (Wildman–Crippen LogP) is 3.12. The minimum absolute atomic E-state index is 0.437. The van der Waals surface area contributed by atoms with Crippen LogP contribution in [0.3, 0.4) is 0 Å². The summed E-state index contributed by atoms with van der Waals surface area (Å²) in [4.78, 5) is 11.2. The Kier molecular flexibility index (Phi) is 5.86. The monoisotopic (exact) mass is 250 g/mol. The minimum Gasteiger partial charge on any atom is -0.479 e. The molecule has 0 aliphatic carbocycles. The van der Waals surface area contributed by atoms with Gasteiger partial charge in [-0.2, -0.15) is 0 Å². The highest BCUT2D eigenvalue weighted by Crippen LogP contribution is 2.16. The molecule has 1 rings (SSSR count). The second kappa shape index (κ2) is 7.17. The third kappa shape index (κ3) is 4.15. The molecule has 18 heavy (non-hydrogen) atoms. The smallest absolute Gasteiger partial charge is 0.333 e. The van der Waals surface area contributed by atoms with Gasteiger partial charge in [0.2, 0.25) is 0 Å².